The molecule has 27 heavy (non-hydrogen) atoms. The molecule has 0 spiro atoms. The monoisotopic (exact) mass is 393 g/mol. The van der Waals surface area contributed by atoms with Crippen LogP contribution in [0.4, 0.5) is 13.2 Å². The largest absolute Gasteiger partial charge is 0.451 e. The van der Waals surface area contributed by atoms with E-state index < -0.39 is 12.0 Å². The zero-order valence-corrected chi connectivity index (χ0v) is 14.6. The Labute approximate surface area is 155 Å². The maximum atomic E-state index is 12.9. The Morgan fingerprint density at radius 1 is 1.07 bits per heavy atom. The molecule has 3 heterocycles. The average Bonchev–Trinajstić information content (AvgIpc) is 3.19. The summed E-state index contributed by atoms with van der Waals surface area (Å²) in [5, 5.41) is 8.98. The van der Waals surface area contributed by atoms with E-state index in [9.17, 15) is 13.2 Å². The first-order valence-electron chi connectivity index (χ1n) is 7.73. The molecule has 0 radical (unpaired) electrons. The number of aryl methyl sites for hydroxylation is 1. The Balaban J connectivity index is 1.60. The molecule has 0 aliphatic carbocycles. The quantitative estimate of drug-likeness (QED) is 0.499. The number of nitrogens with zero attached hydrogens (tertiary/aromatic N) is 7. The SMILES string of the molecule is Cn1nc(-c2ccc(Cn3ncc4cnc(Cl)nc43)cc2)nc1C(F)(F)F. The molecule has 0 aliphatic heterocycles. The normalized spacial score (nSPS) is 12.0. The van der Waals surface area contributed by atoms with Gasteiger partial charge in [0.15, 0.2) is 11.5 Å². The van der Waals surface area contributed by atoms with E-state index in [0.29, 0.717) is 17.8 Å². The molecule has 0 N–H and O–H groups in total. The van der Waals surface area contributed by atoms with Crippen LogP contribution >= 0.6 is 11.6 Å². The summed E-state index contributed by atoms with van der Waals surface area (Å²) in [6.45, 7) is 0.417. The molecule has 0 fully saturated rings. The molecular formula is C16H11ClF3N7. The number of fused-ring (bicyclic) bond motifs is 1. The second kappa shape index (κ2) is 6.31. The summed E-state index contributed by atoms with van der Waals surface area (Å²) in [7, 11) is 1.21. The Hall–Kier alpha value is -3.01. The van der Waals surface area contributed by atoms with Crippen molar-refractivity contribution in [3.8, 4) is 11.4 Å². The lowest BCUT2D eigenvalue weighted by atomic mass is 10.1. The van der Waals surface area contributed by atoms with Crippen LogP contribution in [0.1, 0.15) is 11.4 Å². The molecule has 138 valence electrons. The summed E-state index contributed by atoms with van der Waals surface area (Å²) < 4.78 is 41.0. The molecule has 4 aromatic rings. The predicted molar refractivity (Wildman–Crippen MR) is 90.9 cm³/mol. The van der Waals surface area contributed by atoms with E-state index in [1.165, 1.54) is 7.05 Å². The van der Waals surface area contributed by atoms with Gasteiger partial charge >= 0.3 is 6.18 Å². The molecule has 0 bridgehead atoms. The zero-order chi connectivity index (χ0) is 19.2. The van der Waals surface area contributed by atoms with Crippen LogP contribution < -0.4 is 0 Å². The van der Waals surface area contributed by atoms with E-state index in [1.807, 2.05) is 0 Å². The summed E-state index contributed by atoms with van der Waals surface area (Å²) in [5.74, 6) is -1.03. The third kappa shape index (κ3) is 3.35. The first-order valence-corrected chi connectivity index (χ1v) is 8.10. The highest BCUT2D eigenvalue weighted by atomic mass is 35.5. The molecule has 3 aromatic heterocycles. The predicted octanol–water partition coefficient (Wildman–Crippen LogP) is 3.34. The van der Waals surface area contributed by atoms with Crippen LogP contribution in [-0.4, -0.2) is 34.5 Å². The minimum absolute atomic E-state index is 0.0143. The second-order valence-corrected chi connectivity index (χ2v) is 6.14. The molecule has 0 saturated heterocycles. The third-order valence-electron chi connectivity index (χ3n) is 3.91. The number of hydrogen-bond acceptors (Lipinski definition) is 5. The van der Waals surface area contributed by atoms with E-state index in [4.69, 9.17) is 11.6 Å². The third-order valence-corrected chi connectivity index (χ3v) is 4.09. The van der Waals surface area contributed by atoms with Gasteiger partial charge in [-0.2, -0.15) is 28.4 Å². The lowest BCUT2D eigenvalue weighted by Gasteiger charge is -2.04. The van der Waals surface area contributed by atoms with Gasteiger partial charge < -0.3 is 0 Å². The number of halogens is 4. The van der Waals surface area contributed by atoms with Crippen LogP contribution in [-0.2, 0) is 19.8 Å². The van der Waals surface area contributed by atoms with Crippen LogP contribution in [0, 0.1) is 0 Å². The lowest BCUT2D eigenvalue weighted by Crippen LogP contribution is -2.13. The van der Waals surface area contributed by atoms with Crippen molar-refractivity contribution in [2.45, 2.75) is 12.7 Å². The molecule has 7 nitrogen and oxygen atoms in total. The van der Waals surface area contributed by atoms with Crippen molar-refractivity contribution in [2.24, 2.45) is 7.05 Å². The van der Waals surface area contributed by atoms with Crippen molar-refractivity contribution in [1.82, 2.24) is 34.5 Å². The van der Waals surface area contributed by atoms with Gasteiger partial charge in [0, 0.05) is 18.8 Å². The van der Waals surface area contributed by atoms with Crippen molar-refractivity contribution in [3.63, 3.8) is 0 Å². The van der Waals surface area contributed by atoms with Gasteiger partial charge in [-0.05, 0) is 17.2 Å². The Morgan fingerprint density at radius 2 is 1.81 bits per heavy atom. The Bertz CT molecular complexity index is 1120. The van der Waals surface area contributed by atoms with E-state index in [1.54, 1.807) is 41.3 Å². The highest BCUT2D eigenvalue weighted by Crippen LogP contribution is 2.29. The van der Waals surface area contributed by atoms with E-state index in [-0.39, 0.29) is 11.1 Å². The smallest absolute Gasteiger partial charge is 0.245 e. The van der Waals surface area contributed by atoms with Crippen LogP contribution in [0.3, 0.4) is 0 Å². The highest BCUT2D eigenvalue weighted by molar-refractivity contribution is 6.28. The molecule has 0 amide bonds. The zero-order valence-electron chi connectivity index (χ0n) is 13.8. The maximum Gasteiger partial charge on any atom is 0.451 e. The second-order valence-electron chi connectivity index (χ2n) is 5.80. The lowest BCUT2D eigenvalue weighted by molar-refractivity contribution is -0.147. The van der Waals surface area contributed by atoms with Gasteiger partial charge in [-0.15, -0.1) is 0 Å². The fourth-order valence-electron chi connectivity index (χ4n) is 2.65. The van der Waals surface area contributed by atoms with Crippen molar-refractivity contribution >= 4 is 22.6 Å². The van der Waals surface area contributed by atoms with Crippen LogP contribution in [0.2, 0.25) is 5.28 Å². The Kier molecular flexibility index (Phi) is 4.06. The Morgan fingerprint density at radius 3 is 2.48 bits per heavy atom. The molecule has 1 aromatic carbocycles. The number of aromatic nitrogens is 7. The topological polar surface area (TPSA) is 74.3 Å². The van der Waals surface area contributed by atoms with E-state index >= 15 is 0 Å². The van der Waals surface area contributed by atoms with Crippen molar-refractivity contribution in [1.29, 1.82) is 0 Å². The molecular weight excluding hydrogens is 383 g/mol. The van der Waals surface area contributed by atoms with Gasteiger partial charge in [-0.3, -0.25) is 0 Å². The summed E-state index contributed by atoms with van der Waals surface area (Å²) in [5.41, 5.74) is 1.96. The molecule has 4 rings (SSSR count). The van der Waals surface area contributed by atoms with Crippen LogP contribution in [0.25, 0.3) is 22.4 Å². The van der Waals surface area contributed by atoms with Crippen molar-refractivity contribution in [2.75, 3.05) is 0 Å². The number of rotatable bonds is 3. The summed E-state index contributed by atoms with van der Waals surface area (Å²) in [6, 6.07) is 6.88. The molecule has 0 unspecified atom stereocenters. The summed E-state index contributed by atoms with van der Waals surface area (Å²) in [4.78, 5) is 11.6. The summed E-state index contributed by atoms with van der Waals surface area (Å²) >= 11 is 5.83. The van der Waals surface area contributed by atoms with E-state index in [0.717, 1.165) is 15.6 Å². The number of hydrogen-bond donors (Lipinski definition) is 0. The number of benzene rings is 1. The van der Waals surface area contributed by atoms with Gasteiger partial charge in [0.1, 0.15) is 0 Å². The molecule has 0 atom stereocenters. The number of alkyl halides is 3. The average molecular weight is 394 g/mol. The van der Waals surface area contributed by atoms with Gasteiger partial charge in [-0.25, -0.2) is 19.3 Å². The van der Waals surface area contributed by atoms with Gasteiger partial charge in [-0.1, -0.05) is 24.3 Å². The minimum atomic E-state index is -4.55. The first kappa shape index (κ1) is 17.4. The van der Waals surface area contributed by atoms with Crippen LogP contribution in [0.15, 0.2) is 36.7 Å². The van der Waals surface area contributed by atoms with Gasteiger partial charge in [0.2, 0.25) is 11.1 Å². The van der Waals surface area contributed by atoms with Crippen LogP contribution in [0.5, 0.6) is 0 Å². The molecule has 0 saturated carbocycles. The van der Waals surface area contributed by atoms with Gasteiger partial charge in [0.05, 0.1) is 18.1 Å². The van der Waals surface area contributed by atoms with Gasteiger partial charge in [0.25, 0.3) is 0 Å². The fourth-order valence-corrected chi connectivity index (χ4v) is 2.78. The highest BCUT2D eigenvalue weighted by Gasteiger charge is 2.37. The standard InChI is InChI=1S/C16H11ClF3N7/c1-26-14(16(18,19)20)23-12(25-26)10-4-2-9(3-5-10)8-27-13-11(7-22-27)6-21-15(17)24-13/h2-7H,8H2,1H3. The molecule has 0 aliphatic rings. The molecule has 11 heteroatoms. The fraction of sp³-hybridized carbons (Fsp3) is 0.188. The van der Waals surface area contributed by atoms with Crippen molar-refractivity contribution < 1.29 is 13.2 Å². The first-order chi connectivity index (χ1) is 12.8. The van der Waals surface area contributed by atoms with E-state index in [2.05, 4.69) is 25.1 Å². The van der Waals surface area contributed by atoms with Crippen molar-refractivity contribution in [3.05, 3.63) is 53.3 Å². The maximum absolute atomic E-state index is 12.9. The summed E-state index contributed by atoms with van der Waals surface area (Å²) in [6.07, 6.45) is -1.33. The minimum Gasteiger partial charge on any atom is -0.245 e.